The van der Waals surface area contributed by atoms with Crippen molar-refractivity contribution in [2.45, 2.75) is 45.6 Å². The van der Waals surface area contributed by atoms with Crippen molar-refractivity contribution in [2.24, 2.45) is 5.41 Å². The summed E-state index contributed by atoms with van der Waals surface area (Å²) in [5.74, 6) is 0.0266. The first kappa shape index (κ1) is 24.9. The minimum absolute atomic E-state index is 0. The molecule has 1 aromatic carbocycles. The van der Waals surface area contributed by atoms with Crippen LogP contribution in [0.15, 0.2) is 43.5 Å². The van der Waals surface area contributed by atoms with E-state index in [1.165, 1.54) is 7.11 Å². The predicted molar refractivity (Wildman–Crippen MR) is 118 cm³/mol. The molecule has 0 spiro atoms. The molecular weight excluding hydrogens is 390 g/mol. The molecule has 0 heterocycles. The third-order valence-electron chi connectivity index (χ3n) is 5.16. The quantitative estimate of drug-likeness (QED) is 0.376. The molecule has 1 unspecified atom stereocenters. The van der Waals surface area contributed by atoms with Crippen LogP contribution in [0.25, 0.3) is 0 Å². The van der Waals surface area contributed by atoms with Gasteiger partial charge in [0.2, 0.25) is 0 Å². The Kier molecular flexibility index (Phi) is 8.66. The van der Waals surface area contributed by atoms with Crippen LogP contribution in [0.4, 0.5) is 0 Å². The third kappa shape index (κ3) is 5.49. The molecule has 0 fully saturated rings. The van der Waals surface area contributed by atoms with Gasteiger partial charge in [-0.1, -0.05) is 18.2 Å². The molecule has 0 N–H and O–H groups in total. The fraction of sp³-hybridized carbons (Fsp3) is 0.478. The van der Waals surface area contributed by atoms with Gasteiger partial charge in [0, 0.05) is 19.5 Å². The van der Waals surface area contributed by atoms with E-state index in [0.717, 1.165) is 11.1 Å². The van der Waals surface area contributed by atoms with Crippen LogP contribution in [0.3, 0.4) is 0 Å². The molecule has 0 aromatic heterocycles. The topological polar surface area (TPSA) is 55.8 Å². The van der Waals surface area contributed by atoms with E-state index >= 15 is 0 Å². The van der Waals surface area contributed by atoms with Crippen LogP contribution in [0.5, 0.6) is 5.75 Å². The molecular formula is C23H32ClNO4. The molecule has 0 aliphatic heterocycles. The molecule has 0 radical (unpaired) electrons. The van der Waals surface area contributed by atoms with Crippen LogP contribution in [0.1, 0.15) is 38.3 Å². The molecule has 1 aromatic rings. The normalized spacial score (nSPS) is 18.2. The monoisotopic (exact) mass is 421 g/mol. The lowest BCUT2D eigenvalue weighted by atomic mass is 9.76. The van der Waals surface area contributed by atoms with Crippen molar-refractivity contribution in [3.63, 3.8) is 0 Å². The summed E-state index contributed by atoms with van der Waals surface area (Å²) in [7, 11) is 1.43. The van der Waals surface area contributed by atoms with Crippen molar-refractivity contribution in [1.29, 1.82) is 0 Å². The molecule has 1 aliphatic rings. The minimum atomic E-state index is -0.756. The Hall–Kier alpha value is -2.11. The van der Waals surface area contributed by atoms with Crippen LogP contribution in [0.2, 0.25) is 0 Å². The second-order valence-electron chi connectivity index (χ2n) is 8.25. The number of rotatable bonds is 7. The van der Waals surface area contributed by atoms with E-state index in [-0.39, 0.29) is 24.3 Å². The summed E-state index contributed by atoms with van der Waals surface area (Å²) in [4.78, 5) is 27.0. The number of hydrogen-bond acceptors (Lipinski definition) is 5. The maximum Gasteiger partial charge on any atom is 0.326 e. The fourth-order valence-electron chi connectivity index (χ4n) is 3.57. The Morgan fingerprint density at radius 3 is 2.31 bits per heavy atom. The van der Waals surface area contributed by atoms with E-state index in [1.54, 1.807) is 18.2 Å². The van der Waals surface area contributed by atoms with Crippen LogP contribution in [0, 0.1) is 5.41 Å². The highest BCUT2D eigenvalue weighted by Crippen LogP contribution is 2.36. The second-order valence-corrected chi connectivity index (χ2v) is 8.25. The van der Waals surface area contributed by atoms with Gasteiger partial charge in [-0.25, -0.2) is 0 Å². The first-order valence-electron chi connectivity index (χ1n) is 9.57. The number of esters is 2. The van der Waals surface area contributed by atoms with Gasteiger partial charge in [-0.3, -0.25) is 14.5 Å². The van der Waals surface area contributed by atoms with E-state index in [2.05, 4.69) is 18.1 Å². The van der Waals surface area contributed by atoms with E-state index in [9.17, 15) is 9.59 Å². The summed E-state index contributed by atoms with van der Waals surface area (Å²) in [6.45, 7) is 14.3. The number of aryl methyl sites for hydroxylation is 1. The smallest absolute Gasteiger partial charge is 0.326 e. The molecule has 0 bridgehead atoms. The number of nitrogens with zero attached hydrogens (tertiary/aromatic N) is 1. The van der Waals surface area contributed by atoms with Gasteiger partial charge in [0.15, 0.2) is 0 Å². The largest absolute Gasteiger partial charge is 0.468 e. The Balaban J connectivity index is 0.00000420. The zero-order chi connectivity index (χ0) is 20.9. The van der Waals surface area contributed by atoms with Crippen LogP contribution >= 0.6 is 12.4 Å². The van der Waals surface area contributed by atoms with Crippen molar-refractivity contribution >= 4 is 24.3 Å². The number of methoxy groups -OCH3 is 1. The number of halogens is 1. The van der Waals surface area contributed by atoms with Gasteiger partial charge in [0.05, 0.1) is 12.5 Å². The van der Waals surface area contributed by atoms with E-state index < -0.39 is 11.0 Å². The molecule has 5 nitrogen and oxygen atoms in total. The Bertz CT molecular complexity index is 759. The third-order valence-corrected chi connectivity index (χ3v) is 5.16. The average molecular weight is 422 g/mol. The number of carbonyl (C=O) groups excluding carboxylic acids is 2. The summed E-state index contributed by atoms with van der Waals surface area (Å²) in [6.07, 6.45) is 5.42. The van der Waals surface area contributed by atoms with Crippen LogP contribution < -0.4 is 4.74 Å². The lowest BCUT2D eigenvalue weighted by Gasteiger charge is -2.43. The SMILES string of the molecule is C=CCN(CC=C)C1(C(=O)OC)CCc2cc(OC(=O)C(C)(C)C)ccc2C1.Cl. The number of benzene rings is 1. The standard InChI is InChI=1S/C23H31NO4.ClH/c1-7-13-24(14-8-2)23(21(26)27-6)12-11-17-15-19(10-9-18(17)16-23)28-20(25)22(3,4)5;/h7-10,15H,1-2,11-14,16H2,3-6H3;1H. The lowest BCUT2D eigenvalue weighted by Crippen LogP contribution is -2.58. The molecule has 160 valence electrons. The van der Waals surface area contributed by atoms with Crippen molar-refractivity contribution in [3.8, 4) is 5.75 Å². The highest BCUT2D eigenvalue weighted by Gasteiger charge is 2.46. The molecule has 0 saturated carbocycles. The summed E-state index contributed by atoms with van der Waals surface area (Å²) < 4.78 is 10.7. The van der Waals surface area contributed by atoms with Crippen molar-refractivity contribution < 1.29 is 19.1 Å². The Morgan fingerprint density at radius 1 is 1.17 bits per heavy atom. The molecule has 29 heavy (non-hydrogen) atoms. The zero-order valence-corrected chi connectivity index (χ0v) is 18.6. The van der Waals surface area contributed by atoms with Gasteiger partial charge < -0.3 is 9.47 Å². The van der Waals surface area contributed by atoms with E-state index in [4.69, 9.17) is 9.47 Å². The first-order valence-corrected chi connectivity index (χ1v) is 9.57. The summed E-state index contributed by atoms with van der Waals surface area (Å²) in [5.41, 5.74) is 0.834. The molecule has 1 aliphatic carbocycles. The Morgan fingerprint density at radius 2 is 1.79 bits per heavy atom. The van der Waals surface area contributed by atoms with Crippen LogP contribution in [-0.2, 0) is 27.2 Å². The van der Waals surface area contributed by atoms with E-state index in [0.29, 0.717) is 38.1 Å². The highest BCUT2D eigenvalue weighted by molar-refractivity contribution is 5.85. The summed E-state index contributed by atoms with van der Waals surface area (Å²) in [5, 5.41) is 0. The van der Waals surface area contributed by atoms with Gasteiger partial charge in [0.25, 0.3) is 0 Å². The molecule has 0 saturated heterocycles. The highest BCUT2D eigenvalue weighted by atomic mass is 35.5. The van der Waals surface area contributed by atoms with Crippen LogP contribution in [-0.4, -0.2) is 42.6 Å². The minimum Gasteiger partial charge on any atom is -0.468 e. The summed E-state index contributed by atoms with van der Waals surface area (Å²) in [6, 6.07) is 5.64. The first-order chi connectivity index (χ1) is 13.2. The molecule has 2 rings (SSSR count). The predicted octanol–water partition coefficient (Wildman–Crippen LogP) is 4.13. The van der Waals surface area contributed by atoms with Gasteiger partial charge in [0.1, 0.15) is 11.3 Å². The average Bonchev–Trinajstić information content (AvgIpc) is 2.66. The number of fused-ring (bicyclic) bond motifs is 1. The number of ether oxygens (including phenoxy) is 2. The summed E-state index contributed by atoms with van der Waals surface area (Å²) >= 11 is 0. The molecule has 6 heteroatoms. The Labute approximate surface area is 180 Å². The van der Waals surface area contributed by atoms with Crippen molar-refractivity contribution in [2.75, 3.05) is 20.2 Å². The molecule has 1 atom stereocenters. The maximum atomic E-state index is 12.8. The van der Waals surface area contributed by atoms with Crippen molar-refractivity contribution in [1.82, 2.24) is 4.90 Å². The van der Waals surface area contributed by atoms with Gasteiger partial charge >= 0.3 is 11.9 Å². The van der Waals surface area contributed by atoms with E-state index in [1.807, 2.05) is 32.9 Å². The number of carbonyl (C=O) groups is 2. The maximum absolute atomic E-state index is 12.8. The second kappa shape index (κ2) is 10.1. The zero-order valence-electron chi connectivity index (χ0n) is 17.8. The van der Waals surface area contributed by atoms with Gasteiger partial charge in [-0.05, 0) is 56.9 Å². The fourth-order valence-corrected chi connectivity index (χ4v) is 3.57. The van der Waals surface area contributed by atoms with Crippen molar-refractivity contribution in [3.05, 3.63) is 54.6 Å². The van der Waals surface area contributed by atoms with Gasteiger partial charge in [-0.2, -0.15) is 0 Å². The molecule has 0 amide bonds. The van der Waals surface area contributed by atoms with Gasteiger partial charge in [-0.15, -0.1) is 25.6 Å². The lowest BCUT2D eigenvalue weighted by molar-refractivity contribution is -0.156. The number of hydrogen-bond donors (Lipinski definition) is 0.